The van der Waals surface area contributed by atoms with Crippen molar-refractivity contribution in [2.45, 2.75) is 0 Å². The van der Waals surface area contributed by atoms with Gasteiger partial charge in [-0.1, -0.05) is 6.07 Å². The number of amides is 2. The largest absolute Gasteiger partial charge is 0.497 e. The highest BCUT2D eigenvalue weighted by Crippen LogP contribution is 2.39. The van der Waals surface area contributed by atoms with Gasteiger partial charge in [-0.2, -0.15) is 0 Å². The van der Waals surface area contributed by atoms with Gasteiger partial charge in [0.2, 0.25) is 11.7 Å². The van der Waals surface area contributed by atoms with E-state index < -0.39 is 5.91 Å². The van der Waals surface area contributed by atoms with Crippen molar-refractivity contribution < 1.29 is 28.5 Å². The second-order valence-corrected chi connectivity index (χ2v) is 5.38. The molecule has 0 aliphatic carbocycles. The molecule has 144 valence electrons. The highest BCUT2D eigenvalue weighted by atomic mass is 16.5. The number of ether oxygens (including phenoxy) is 4. The number of methoxy groups -OCH3 is 4. The Hall–Kier alpha value is -3.42. The molecule has 27 heavy (non-hydrogen) atoms. The third-order valence-corrected chi connectivity index (χ3v) is 3.69. The van der Waals surface area contributed by atoms with E-state index in [9.17, 15) is 9.59 Å². The van der Waals surface area contributed by atoms with Crippen LogP contribution in [0.5, 0.6) is 23.0 Å². The average molecular weight is 374 g/mol. The summed E-state index contributed by atoms with van der Waals surface area (Å²) in [5.74, 6) is 1.02. The van der Waals surface area contributed by atoms with Crippen molar-refractivity contribution in [1.29, 1.82) is 0 Å². The third kappa shape index (κ3) is 5.04. The van der Waals surface area contributed by atoms with E-state index in [4.69, 9.17) is 18.9 Å². The van der Waals surface area contributed by atoms with E-state index in [-0.39, 0.29) is 12.5 Å². The summed E-state index contributed by atoms with van der Waals surface area (Å²) in [6, 6.07) is 9.85. The minimum absolute atomic E-state index is 0.202. The minimum Gasteiger partial charge on any atom is -0.497 e. The lowest BCUT2D eigenvalue weighted by Crippen LogP contribution is -2.32. The molecule has 0 saturated carbocycles. The van der Waals surface area contributed by atoms with E-state index in [0.717, 1.165) is 0 Å². The molecular weight excluding hydrogens is 352 g/mol. The molecule has 2 aromatic rings. The first-order valence-corrected chi connectivity index (χ1v) is 8.04. The standard InChI is InChI=1S/C19H22N2O6/c1-24-14-7-5-6-12(8-14)19(23)20-11-17(22)21-13-9-15(25-2)18(27-4)16(10-13)26-3/h5-10H,11H2,1-4H3,(H,20,23)(H,21,22). The third-order valence-electron chi connectivity index (χ3n) is 3.69. The Morgan fingerprint density at radius 2 is 1.56 bits per heavy atom. The summed E-state index contributed by atoms with van der Waals surface area (Å²) in [5.41, 5.74) is 0.847. The number of hydrogen-bond donors (Lipinski definition) is 2. The molecule has 2 amide bonds. The zero-order valence-corrected chi connectivity index (χ0v) is 15.6. The maximum absolute atomic E-state index is 12.2. The Kier molecular flexibility index (Phi) is 6.87. The summed E-state index contributed by atoms with van der Waals surface area (Å²) >= 11 is 0. The fourth-order valence-corrected chi connectivity index (χ4v) is 2.39. The zero-order valence-electron chi connectivity index (χ0n) is 15.6. The van der Waals surface area contributed by atoms with Crippen LogP contribution >= 0.6 is 0 Å². The Morgan fingerprint density at radius 3 is 2.11 bits per heavy atom. The van der Waals surface area contributed by atoms with Gasteiger partial charge in [0.05, 0.1) is 35.0 Å². The van der Waals surface area contributed by atoms with Crippen LogP contribution in [-0.4, -0.2) is 46.8 Å². The number of carbonyl (C=O) groups is 2. The summed E-state index contributed by atoms with van der Waals surface area (Å²) < 4.78 is 20.8. The van der Waals surface area contributed by atoms with Gasteiger partial charge in [-0.05, 0) is 18.2 Å². The molecule has 0 aliphatic rings. The van der Waals surface area contributed by atoms with Crippen LogP contribution in [0.3, 0.4) is 0 Å². The van der Waals surface area contributed by atoms with Crippen molar-refractivity contribution in [1.82, 2.24) is 5.32 Å². The molecule has 0 spiro atoms. The van der Waals surface area contributed by atoms with Gasteiger partial charge in [0.15, 0.2) is 11.5 Å². The monoisotopic (exact) mass is 374 g/mol. The SMILES string of the molecule is COc1cccc(C(=O)NCC(=O)Nc2cc(OC)c(OC)c(OC)c2)c1. The lowest BCUT2D eigenvalue weighted by Gasteiger charge is -2.14. The Bertz CT molecular complexity index is 797. The summed E-state index contributed by atoms with van der Waals surface area (Å²) in [6.07, 6.45) is 0. The molecule has 0 unspecified atom stereocenters. The molecule has 8 heteroatoms. The molecule has 0 radical (unpaired) electrons. The van der Waals surface area contributed by atoms with Gasteiger partial charge in [-0.3, -0.25) is 9.59 Å². The summed E-state index contributed by atoms with van der Waals surface area (Å²) in [4.78, 5) is 24.3. The highest BCUT2D eigenvalue weighted by Gasteiger charge is 2.15. The number of hydrogen-bond acceptors (Lipinski definition) is 6. The van der Waals surface area contributed by atoms with Crippen LogP contribution in [0.4, 0.5) is 5.69 Å². The first-order valence-electron chi connectivity index (χ1n) is 8.04. The predicted molar refractivity (Wildman–Crippen MR) is 100 cm³/mol. The van der Waals surface area contributed by atoms with Crippen LogP contribution in [0, 0.1) is 0 Å². The van der Waals surface area contributed by atoms with E-state index in [0.29, 0.717) is 34.2 Å². The molecule has 8 nitrogen and oxygen atoms in total. The second-order valence-electron chi connectivity index (χ2n) is 5.38. The van der Waals surface area contributed by atoms with Gasteiger partial charge >= 0.3 is 0 Å². The normalized spacial score (nSPS) is 9.93. The topological polar surface area (TPSA) is 95.1 Å². The van der Waals surface area contributed by atoms with E-state index in [1.165, 1.54) is 28.4 Å². The van der Waals surface area contributed by atoms with Crippen LogP contribution in [0.25, 0.3) is 0 Å². The second kappa shape index (κ2) is 9.33. The predicted octanol–water partition coefficient (Wildman–Crippen LogP) is 2.09. The first kappa shape index (κ1) is 19.9. The molecule has 0 bridgehead atoms. The number of anilines is 1. The van der Waals surface area contributed by atoms with Crippen LogP contribution in [0.1, 0.15) is 10.4 Å². The number of rotatable bonds is 8. The Morgan fingerprint density at radius 1 is 0.889 bits per heavy atom. The first-order chi connectivity index (χ1) is 13.0. The minimum atomic E-state index is -0.402. The molecule has 2 N–H and O–H groups in total. The van der Waals surface area contributed by atoms with E-state index in [1.807, 2.05) is 0 Å². The van der Waals surface area contributed by atoms with Gasteiger partial charge < -0.3 is 29.6 Å². The fraction of sp³-hybridized carbons (Fsp3) is 0.263. The summed E-state index contributed by atoms with van der Waals surface area (Å²) in [5, 5.41) is 5.23. The van der Waals surface area contributed by atoms with E-state index in [2.05, 4.69) is 10.6 Å². The van der Waals surface area contributed by atoms with Gasteiger partial charge in [-0.15, -0.1) is 0 Å². The van der Waals surface area contributed by atoms with E-state index in [1.54, 1.807) is 36.4 Å². The average Bonchev–Trinajstić information content (AvgIpc) is 2.71. The number of benzene rings is 2. The van der Waals surface area contributed by atoms with Crippen molar-refractivity contribution in [2.75, 3.05) is 40.3 Å². The zero-order chi connectivity index (χ0) is 19.8. The number of carbonyl (C=O) groups excluding carboxylic acids is 2. The smallest absolute Gasteiger partial charge is 0.251 e. The van der Waals surface area contributed by atoms with Crippen molar-refractivity contribution in [3.63, 3.8) is 0 Å². The molecule has 0 aromatic heterocycles. The van der Waals surface area contributed by atoms with Crippen molar-refractivity contribution >= 4 is 17.5 Å². The van der Waals surface area contributed by atoms with Crippen molar-refractivity contribution in [3.05, 3.63) is 42.0 Å². The molecule has 0 atom stereocenters. The van der Waals surface area contributed by atoms with Gasteiger partial charge in [-0.25, -0.2) is 0 Å². The molecule has 0 heterocycles. The molecule has 2 aromatic carbocycles. The maximum Gasteiger partial charge on any atom is 0.251 e. The summed E-state index contributed by atoms with van der Waals surface area (Å²) in [6.45, 7) is -0.202. The lowest BCUT2D eigenvalue weighted by atomic mass is 10.2. The van der Waals surface area contributed by atoms with Gasteiger partial charge in [0.25, 0.3) is 5.91 Å². The maximum atomic E-state index is 12.2. The molecule has 0 saturated heterocycles. The van der Waals surface area contributed by atoms with Crippen LogP contribution in [-0.2, 0) is 4.79 Å². The Labute approximate surface area is 157 Å². The molecule has 2 rings (SSSR count). The van der Waals surface area contributed by atoms with Crippen molar-refractivity contribution in [2.24, 2.45) is 0 Å². The quantitative estimate of drug-likeness (QED) is 0.735. The summed E-state index contributed by atoms with van der Waals surface area (Å²) in [7, 11) is 5.98. The van der Waals surface area contributed by atoms with E-state index >= 15 is 0 Å². The van der Waals surface area contributed by atoms with Gasteiger partial charge in [0.1, 0.15) is 5.75 Å². The van der Waals surface area contributed by atoms with Gasteiger partial charge in [0, 0.05) is 23.4 Å². The fourth-order valence-electron chi connectivity index (χ4n) is 2.39. The van der Waals surface area contributed by atoms with Crippen LogP contribution in [0.15, 0.2) is 36.4 Å². The highest BCUT2D eigenvalue weighted by molar-refractivity contribution is 5.99. The number of nitrogens with one attached hydrogen (secondary N) is 2. The molecule has 0 fully saturated rings. The van der Waals surface area contributed by atoms with Crippen LogP contribution in [0.2, 0.25) is 0 Å². The lowest BCUT2D eigenvalue weighted by molar-refractivity contribution is -0.115. The molecule has 0 aliphatic heterocycles. The molecular formula is C19H22N2O6. The van der Waals surface area contributed by atoms with Crippen LogP contribution < -0.4 is 29.6 Å². The van der Waals surface area contributed by atoms with Crippen molar-refractivity contribution in [3.8, 4) is 23.0 Å². The Balaban J connectivity index is 2.02.